The van der Waals surface area contributed by atoms with Gasteiger partial charge in [0.15, 0.2) is 0 Å². The van der Waals surface area contributed by atoms with Crippen LogP contribution in [0.5, 0.6) is 0 Å². The average Bonchev–Trinajstić information content (AvgIpc) is 2.28. The molecule has 5 heteroatoms. The van der Waals surface area contributed by atoms with Crippen LogP contribution in [-0.2, 0) is 9.53 Å². The summed E-state index contributed by atoms with van der Waals surface area (Å²) in [5.74, 6) is -0.329. The van der Waals surface area contributed by atoms with Crippen molar-refractivity contribution in [3.63, 3.8) is 0 Å². The zero-order chi connectivity index (χ0) is 12.8. The summed E-state index contributed by atoms with van der Waals surface area (Å²) >= 11 is 0. The predicted molar refractivity (Wildman–Crippen MR) is 63.4 cm³/mol. The summed E-state index contributed by atoms with van der Waals surface area (Å²) in [6.45, 7) is 1.77. The number of methoxy groups -OCH3 is 1. The molecule has 17 heavy (non-hydrogen) atoms. The number of carbonyl (C=O) groups is 1. The predicted octanol–water partition coefficient (Wildman–Crippen LogP) is 2.56. The van der Waals surface area contributed by atoms with Gasteiger partial charge in [-0.1, -0.05) is 23.8 Å². The van der Waals surface area contributed by atoms with Gasteiger partial charge in [0, 0.05) is 12.1 Å². The summed E-state index contributed by atoms with van der Waals surface area (Å²) < 4.78 is 4.53. The number of nitro benzene ring substituents is 1. The van der Waals surface area contributed by atoms with Crippen molar-refractivity contribution < 1.29 is 14.5 Å². The molecule has 0 heterocycles. The number of carbonyl (C=O) groups excluding carboxylic acids is 1. The lowest BCUT2D eigenvalue weighted by Crippen LogP contribution is -2.00. The van der Waals surface area contributed by atoms with E-state index in [2.05, 4.69) is 4.74 Å². The number of hydrogen-bond donors (Lipinski definition) is 0. The van der Waals surface area contributed by atoms with Crippen LogP contribution in [0.3, 0.4) is 0 Å². The summed E-state index contributed by atoms with van der Waals surface area (Å²) in [6, 6.07) is 6.23. The molecule has 1 aromatic carbocycles. The molecular weight excluding hydrogens is 222 g/mol. The van der Waals surface area contributed by atoms with Gasteiger partial charge in [-0.3, -0.25) is 14.9 Å². The molecule has 0 radical (unpaired) electrons. The van der Waals surface area contributed by atoms with Gasteiger partial charge in [0.2, 0.25) is 0 Å². The number of ether oxygens (including phenoxy) is 1. The van der Waals surface area contributed by atoms with Crippen LogP contribution in [0.4, 0.5) is 5.69 Å². The highest BCUT2D eigenvalue weighted by molar-refractivity contribution is 5.74. The Hall–Kier alpha value is -2.17. The van der Waals surface area contributed by atoms with Crippen LogP contribution >= 0.6 is 0 Å². The number of nitro groups is 1. The molecule has 0 amide bonds. The molecule has 0 atom stereocenters. The van der Waals surface area contributed by atoms with Gasteiger partial charge in [-0.25, -0.2) is 0 Å². The van der Waals surface area contributed by atoms with Gasteiger partial charge in [-0.05, 0) is 12.5 Å². The quantitative estimate of drug-likeness (QED) is 0.457. The second-order valence-corrected chi connectivity index (χ2v) is 3.60. The van der Waals surface area contributed by atoms with Crippen molar-refractivity contribution in [3.05, 3.63) is 45.5 Å². The maximum absolute atomic E-state index is 11.0. The van der Waals surface area contributed by atoms with E-state index >= 15 is 0 Å². The summed E-state index contributed by atoms with van der Waals surface area (Å²) in [5.41, 5.74) is 1.52. The van der Waals surface area contributed by atoms with Gasteiger partial charge in [0.1, 0.15) is 0 Å². The standard InChI is InChI=1S/C12H13NO4/c1-9(7-12(14)17-2)6-10-4-3-5-11(8-10)13(15)16/h3-6,8H,7H2,1-2H3. The minimum Gasteiger partial charge on any atom is -0.469 e. The molecule has 1 rings (SSSR count). The van der Waals surface area contributed by atoms with E-state index in [4.69, 9.17) is 0 Å². The molecule has 0 aliphatic carbocycles. The number of rotatable bonds is 4. The maximum Gasteiger partial charge on any atom is 0.309 e. The third-order valence-corrected chi connectivity index (χ3v) is 2.14. The van der Waals surface area contributed by atoms with Crippen LogP contribution in [-0.4, -0.2) is 18.0 Å². The Morgan fingerprint density at radius 1 is 1.53 bits per heavy atom. The minimum absolute atomic E-state index is 0.0321. The molecule has 0 aliphatic heterocycles. The maximum atomic E-state index is 11.0. The van der Waals surface area contributed by atoms with E-state index in [0.717, 1.165) is 5.57 Å². The fourth-order valence-electron chi connectivity index (χ4n) is 1.36. The molecule has 90 valence electrons. The highest BCUT2D eigenvalue weighted by Gasteiger charge is 2.05. The summed E-state index contributed by atoms with van der Waals surface area (Å²) in [7, 11) is 1.32. The summed E-state index contributed by atoms with van der Waals surface area (Å²) in [6.07, 6.45) is 1.91. The van der Waals surface area contributed by atoms with Gasteiger partial charge in [-0.15, -0.1) is 0 Å². The van der Waals surface area contributed by atoms with Crippen LogP contribution in [0.2, 0.25) is 0 Å². The molecular formula is C12H13NO4. The van der Waals surface area contributed by atoms with Crippen LogP contribution < -0.4 is 0 Å². The van der Waals surface area contributed by atoms with Crippen molar-refractivity contribution in [2.45, 2.75) is 13.3 Å². The van der Waals surface area contributed by atoms with Crippen molar-refractivity contribution in [3.8, 4) is 0 Å². The Bertz CT molecular complexity index is 465. The molecule has 5 nitrogen and oxygen atoms in total. The second-order valence-electron chi connectivity index (χ2n) is 3.60. The molecule has 0 aromatic heterocycles. The van der Waals surface area contributed by atoms with E-state index in [1.54, 1.807) is 25.1 Å². The first-order valence-corrected chi connectivity index (χ1v) is 5.01. The average molecular weight is 235 g/mol. The van der Waals surface area contributed by atoms with Gasteiger partial charge in [0.05, 0.1) is 18.5 Å². The topological polar surface area (TPSA) is 69.4 Å². The number of esters is 1. The lowest BCUT2D eigenvalue weighted by Gasteiger charge is -2.00. The lowest BCUT2D eigenvalue weighted by molar-refractivity contribution is -0.384. The van der Waals surface area contributed by atoms with Gasteiger partial charge >= 0.3 is 5.97 Å². The highest BCUT2D eigenvalue weighted by Crippen LogP contribution is 2.16. The van der Waals surface area contributed by atoms with Gasteiger partial charge in [0.25, 0.3) is 5.69 Å². The van der Waals surface area contributed by atoms with E-state index in [1.165, 1.54) is 19.2 Å². The smallest absolute Gasteiger partial charge is 0.309 e. The number of non-ortho nitro benzene ring substituents is 1. The molecule has 0 spiro atoms. The van der Waals surface area contributed by atoms with Crippen molar-refractivity contribution in [2.75, 3.05) is 7.11 Å². The molecule has 0 N–H and O–H groups in total. The fraction of sp³-hybridized carbons (Fsp3) is 0.250. The Morgan fingerprint density at radius 2 is 2.24 bits per heavy atom. The third kappa shape index (κ3) is 4.06. The van der Waals surface area contributed by atoms with Crippen LogP contribution in [0.15, 0.2) is 29.8 Å². The fourth-order valence-corrected chi connectivity index (χ4v) is 1.36. The lowest BCUT2D eigenvalue weighted by atomic mass is 10.1. The molecule has 0 saturated heterocycles. The first kappa shape index (κ1) is 12.9. The number of benzene rings is 1. The molecule has 0 saturated carbocycles. The normalized spacial score (nSPS) is 11.1. The Balaban J connectivity index is 2.86. The monoisotopic (exact) mass is 235 g/mol. The van der Waals surface area contributed by atoms with E-state index in [9.17, 15) is 14.9 Å². The SMILES string of the molecule is COC(=O)CC(C)=Cc1cccc([N+](=O)[O-])c1. The van der Waals surface area contributed by atoms with Crippen LogP contribution in [0.25, 0.3) is 6.08 Å². The van der Waals surface area contributed by atoms with Crippen molar-refractivity contribution in [1.82, 2.24) is 0 Å². The van der Waals surface area contributed by atoms with Crippen molar-refractivity contribution in [2.24, 2.45) is 0 Å². The zero-order valence-electron chi connectivity index (χ0n) is 9.67. The van der Waals surface area contributed by atoms with E-state index in [-0.39, 0.29) is 18.1 Å². The number of hydrogen-bond acceptors (Lipinski definition) is 4. The minimum atomic E-state index is -0.451. The third-order valence-electron chi connectivity index (χ3n) is 2.14. The molecule has 0 bridgehead atoms. The van der Waals surface area contributed by atoms with E-state index < -0.39 is 4.92 Å². The molecule has 0 unspecified atom stereocenters. The van der Waals surface area contributed by atoms with Crippen molar-refractivity contribution in [1.29, 1.82) is 0 Å². The van der Waals surface area contributed by atoms with E-state index in [0.29, 0.717) is 5.56 Å². The first-order valence-electron chi connectivity index (χ1n) is 5.01. The summed E-state index contributed by atoms with van der Waals surface area (Å²) in [4.78, 5) is 21.1. The Kier molecular flexibility index (Phi) is 4.39. The zero-order valence-corrected chi connectivity index (χ0v) is 9.67. The number of nitrogens with zero attached hydrogens (tertiary/aromatic N) is 1. The van der Waals surface area contributed by atoms with Crippen LogP contribution in [0, 0.1) is 10.1 Å². The van der Waals surface area contributed by atoms with Gasteiger partial charge < -0.3 is 4.74 Å². The molecule has 1 aromatic rings. The highest BCUT2D eigenvalue weighted by atomic mass is 16.6. The van der Waals surface area contributed by atoms with E-state index in [1.807, 2.05) is 0 Å². The van der Waals surface area contributed by atoms with Crippen molar-refractivity contribution >= 4 is 17.7 Å². The molecule has 0 fully saturated rings. The summed E-state index contributed by atoms with van der Waals surface area (Å²) in [5, 5.41) is 10.6. The van der Waals surface area contributed by atoms with Crippen LogP contribution in [0.1, 0.15) is 18.9 Å². The largest absolute Gasteiger partial charge is 0.469 e. The first-order chi connectivity index (χ1) is 8.02. The van der Waals surface area contributed by atoms with Gasteiger partial charge in [-0.2, -0.15) is 0 Å². The Morgan fingerprint density at radius 3 is 2.82 bits per heavy atom. The Labute approximate surface area is 98.9 Å². The second kappa shape index (κ2) is 5.79. The molecule has 0 aliphatic rings.